The summed E-state index contributed by atoms with van der Waals surface area (Å²) in [6.45, 7) is 3.50. The molecule has 1 unspecified atom stereocenters. The summed E-state index contributed by atoms with van der Waals surface area (Å²) in [7, 11) is 0. The van der Waals surface area contributed by atoms with Crippen LogP contribution in [-0.2, 0) is 12.8 Å². The lowest BCUT2D eigenvalue weighted by Crippen LogP contribution is -2.21. The molecular weight excluding hydrogens is 194 g/mol. The molecule has 1 nitrogen and oxygen atoms in total. The monoisotopic (exact) mass is 215 g/mol. The van der Waals surface area contributed by atoms with E-state index < -0.39 is 0 Å². The van der Waals surface area contributed by atoms with Crippen molar-refractivity contribution in [3.63, 3.8) is 0 Å². The summed E-state index contributed by atoms with van der Waals surface area (Å²) in [6.07, 6.45) is 6.80. The average molecular weight is 215 g/mol. The molecule has 0 amide bonds. The van der Waals surface area contributed by atoms with E-state index in [1.54, 1.807) is 11.1 Å². The van der Waals surface area contributed by atoms with E-state index in [4.69, 9.17) is 0 Å². The van der Waals surface area contributed by atoms with E-state index in [1.165, 1.54) is 44.2 Å². The molecule has 1 atom stereocenters. The second-order valence-electron chi connectivity index (χ2n) is 5.46. The fourth-order valence-electron chi connectivity index (χ4n) is 2.64. The van der Waals surface area contributed by atoms with E-state index >= 15 is 0 Å². The Morgan fingerprint density at radius 1 is 1.25 bits per heavy atom. The van der Waals surface area contributed by atoms with Gasteiger partial charge in [0, 0.05) is 6.04 Å². The smallest absolute Gasteiger partial charge is 0.0292 e. The topological polar surface area (TPSA) is 12.0 Å². The van der Waals surface area contributed by atoms with Gasteiger partial charge in [-0.25, -0.2) is 0 Å². The normalized spacial score (nSPS) is 20.8. The molecule has 1 fully saturated rings. The summed E-state index contributed by atoms with van der Waals surface area (Å²) >= 11 is 0. The fourth-order valence-corrected chi connectivity index (χ4v) is 2.64. The molecule has 0 aliphatic heterocycles. The Balaban J connectivity index is 1.67. The van der Waals surface area contributed by atoms with Crippen LogP contribution in [0, 0.1) is 5.92 Å². The van der Waals surface area contributed by atoms with Gasteiger partial charge in [0.1, 0.15) is 0 Å². The molecule has 0 radical (unpaired) electrons. The zero-order chi connectivity index (χ0) is 11.0. The maximum atomic E-state index is 3.65. The Hall–Kier alpha value is -0.820. The first-order chi connectivity index (χ1) is 7.83. The van der Waals surface area contributed by atoms with Crippen LogP contribution in [0.2, 0.25) is 0 Å². The van der Waals surface area contributed by atoms with Crippen LogP contribution in [0.1, 0.15) is 48.9 Å². The maximum Gasteiger partial charge on any atom is 0.0292 e. The van der Waals surface area contributed by atoms with Crippen molar-refractivity contribution in [1.29, 1.82) is 0 Å². The minimum atomic E-state index is 0.520. The van der Waals surface area contributed by atoms with Gasteiger partial charge in [0.15, 0.2) is 0 Å². The molecule has 86 valence electrons. The standard InChI is InChI=1S/C15H21N/c1-11(16-10-12-5-6-12)14-8-7-13-3-2-4-15(13)9-14/h7-9,11-12,16H,2-6,10H2,1H3. The van der Waals surface area contributed by atoms with Crippen molar-refractivity contribution in [2.45, 2.75) is 45.1 Å². The Morgan fingerprint density at radius 3 is 2.88 bits per heavy atom. The van der Waals surface area contributed by atoms with E-state index in [0.717, 1.165) is 5.92 Å². The van der Waals surface area contributed by atoms with E-state index in [-0.39, 0.29) is 0 Å². The van der Waals surface area contributed by atoms with Crippen LogP contribution in [-0.4, -0.2) is 6.54 Å². The predicted octanol–water partition coefficient (Wildman–Crippen LogP) is 3.24. The molecule has 0 spiro atoms. The van der Waals surface area contributed by atoms with Gasteiger partial charge in [0.2, 0.25) is 0 Å². The molecule has 0 heterocycles. The van der Waals surface area contributed by atoms with Crippen molar-refractivity contribution in [2.24, 2.45) is 5.92 Å². The van der Waals surface area contributed by atoms with Crippen LogP contribution in [0.25, 0.3) is 0 Å². The zero-order valence-corrected chi connectivity index (χ0v) is 10.1. The maximum absolute atomic E-state index is 3.65. The van der Waals surface area contributed by atoms with Crippen molar-refractivity contribution in [3.05, 3.63) is 34.9 Å². The predicted molar refractivity (Wildman–Crippen MR) is 67.6 cm³/mol. The largest absolute Gasteiger partial charge is 0.310 e. The molecule has 1 saturated carbocycles. The van der Waals surface area contributed by atoms with E-state index in [9.17, 15) is 0 Å². The van der Waals surface area contributed by atoms with Gasteiger partial charge < -0.3 is 5.32 Å². The van der Waals surface area contributed by atoms with Gasteiger partial charge in [0.05, 0.1) is 0 Å². The Bertz CT molecular complexity index is 379. The summed E-state index contributed by atoms with van der Waals surface area (Å²) in [5.74, 6) is 0.969. The number of nitrogens with one attached hydrogen (secondary N) is 1. The Morgan fingerprint density at radius 2 is 2.06 bits per heavy atom. The van der Waals surface area contributed by atoms with Crippen molar-refractivity contribution in [3.8, 4) is 0 Å². The molecule has 1 N–H and O–H groups in total. The van der Waals surface area contributed by atoms with Crippen LogP contribution in [0.3, 0.4) is 0 Å². The van der Waals surface area contributed by atoms with Crippen molar-refractivity contribution in [1.82, 2.24) is 5.32 Å². The van der Waals surface area contributed by atoms with Crippen LogP contribution >= 0.6 is 0 Å². The molecule has 1 aromatic carbocycles. The van der Waals surface area contributed by atoms with Gasteiger partial charge in [-0.1, -0.05) is 18.2 Å². The second-order valence-corrected chi connectivity index (χ2v) is 5.46. The van der Waals surface area contributed by atoms with E-state index in [1.807, 2.05) is 0 Å². The van der Waals surface area contributed by atoms with E-state index in [0.29, 0.717) is 6.04 Å². The highest BCUT2D eigenvalue weighted by atomic mass is 14.9. The van der Waals surface area contributed by atoms with Crippen molar-refractivity contribution >= 4 is 0 Å². The summed E-state index contributed by atoms with van der Waals surface area (Å²) in [5.41, 5.74) is 4.65. The highest BCUT2D eigenvalue weighted by molar-refractivity contribution is 5.36. The first-order valence-electron chi connectivity index (χ1n) is 6.68. The SMILES string of the molecule is CC(NCC1CC1)c1ccc2c(c1)CCC2. The summed E-state index contributed by atoms with van der Waals surface area (Å²) < 4.78 is 0. The molecule has 3 rings (SSSR count). The fraction of sp³-hybridized carbons (Fsp3) is 0.600. The third kappa shape index (κ3) is 2.15. The number of fused-ring (bicyclic) bond motifs is 1. The molecule has 0 bridgehead atoms. The summed E-state index contributed by atoms with van der Waals surface area (Å²) in [4.78, 5) is 0. The number of hydrogen-bond donors (Lipinski definition) is 1. The van der Waals surface area contributed by atoms with Crippen molar-refractivity contribution < 1.29 is 0 Å². The molecule has 16 heavy (non-hydrogen) atoms. The quantitative estimate of drug-likeness (QED) is 0.813. The zero-order valence-electron chi connectivity index (χ0n) is 10.1. The number of benzene rings is 1. The minimum absolute atomic E-state index is 0.520. The summed E-state index contributed by atoms with van der Waals surface area (Å²) in [6, 6.07) is 7.60. The van der Waals surface area contributed by atoms with Crippen LogP contribution < -0.4 is 5.32 Å². The van der Waals surface area contributed by atoms with Crippen LogP contribution in [0.5, 0.6) is 0 Å². The first kappa shape index (κ1) is 10.3. The minimum Gasteiger partial charge on any atom is -0.310 e. The average Bonchev–Trinajstić information content (AvgIpc) is 3.01. The highest BCUT2D eigenvalue weighted by Crippen LogP contribution is 2.29. The molecule has 2 aliphatic carbocycles. The van der Waals surface area contributed by atoms with Gasteiger partial charge in [-0.3, -0.25) is 0 Å². The molecule has 1 heteroatoms. The molecule has 0 saturated heterocycles. The lowest BCUT2D eigenvalue weighted by atomic mass is 10.0. The van der Waals surface area contributed by atoms with Crippen molar-refractivity contribution in [2.75, 3.05) is 6.54 Å². The lowest BCUT2D eigenvalue weighted by Gasteiger charge is -2.15. The first-order valence-corrected chi connectivity index (χ1v) is 6.68. The lowest BCUT2D eigenvalue weighted by molar-refractivity contribution is 0.548. The van der Waals surface area contributed by atoms with Crippen LogP contribution in [0.4, 0.5) is 0 Å². The van der Waals surface area contributed by atoms with Gasteiger partial charge >= 0.3 is 0 Å². The molecule has 1 aromatic rings. The second kappa shape index (κ2) is 4.21. The number of rotatable bonds is 4. The van der Waals surface area contributed by atoms with Gasteiger partial charge in [-0.05, 0) is 68.2 Å². The Kier molecular flexibility index (Phi) is 2.72. The molecule has 2 aliphatic rings. The van der Waals surface area contributed by atoms with Crippen LogP contribution in [0.15, 0.2) is 18.2 Å². The third-order valence-corrected chi connectivity index (χ3v) is 4.03. The number of hydrogen-bond acceptors (Lipinski definition) is 1. The van der Waals surface area contributed by atoms with Gasteiger partial charge in [-0.2, -0.15) is 0 Å². The molecule has 0 aromatic heterocycles. The molecular formula is C15H21N. The summed E-state index contributed by atoms with van der Waals surface area (Å²) in [5, 5.41) is 3.65. The highest BCUT2D eigenvalue weighted by Gasteiger charge is 2.21. The number of aryl methyl sites for hydroxylation is 2. The Labute approximate surface area is 98.3 Å². The van der Waals surface area contributed by atoms with E-state index in [2.05, 4.69) is 30.4 Å². The third-order valence-electron chi connectivity index (χ3n) is 4.03. The van der Waals surface area contributed by atoms with Gasteiger partial charge in [0.25, 0.3) is 0 Å². The van der Waals surface area contributed by atoms with Gasteiger partial charge in [-0.15, -0.1) is 0 Å².